The first-order valence-electron chi connectivity index (χ1n) is 7.81. The van der Waals surface area contributed by atoms with Crippen molar-refractivity contribution in [1.82, 2.24) is 5.43 Å². The normalized spacial score (nSPS) is 11.0. The number of hydrogen-bond donors (Lipinski definition) is 1. The van der Waals surface area contributed by atoms with E-state index in [1.807, 2.05) is 62.4 Å². The van der Waals surface area contributed by atoms with E-state index >= 15 is 0 Å². The Labute approximate surface area is 142 Å². The van der Waals surface area contributed by atoms with E-state index in [0.29, 0.717) is 13.0 Å². The molecule has 4 heteroatoms. The maximum Gasteiger partial charge on any atom is 0.244 e. The van der Waals surface area contributed by atoms with E-state index in [0.717, 1.165) is 22.6 Å². The Hall–Kier alpha value is -2.88. The van der Waals surface area contributed by atoms with E-state index in [4.69, 9.17) is 4.74 Å². The SMILES string of the molecule is C=CCOc1ccc(/C(C)=N/NC(=O)Cc2ccc(C)cc2)cc1. The maximum atomic E-state index is 12.0. The summed E-state index contributed by atoms with van der Waals surface area (Å²) in [5.41, 5.74) is 6.41. The van der Waals surface area contributed by atoms with Crippen LogP contribution in [0.4, 0.5) is 0 Å². The number of hydrogen-bond acceptors (Lipinski definition) is 3. The molecule has 2 aromatic rings. The number of nitrogens with one attached hydrogen (secondary N) is 1. The summed E-state index contributed by atoms with van der Waals surface area (Å²) in [5, 5.41) is 4.16. The van der Waals surface area contributed by atoms with Crippen LogP contribution in [-0.4, -0.2) is 18.2 Å². The van der Waals surface area contributed by atoms with E-state index in [9.17, 15) is 4.79 Å². The zero-order valence-corrected chi connectivity index (χ0v) is 14.1. The van der Waals surface area contributed by atoms with Crippen molar-refractivity contribution < 1.29 is 9.53 Å². The number of ether oxygens (including phenoxy) is 1. The lowest BCUT2D eigenvalue weighted by molar-refractivity contribution is -0.120. The molecule has 0 aliphatic heterocycles. The fraction of sp³-hybridized carbons (Fsp3) is 0.200. The number of carbonyl (C=O) groups excluding carboxylic acids is 1. The highest BCUT2D eigenvalue weighted by molar-refractivity contribution is 5.99. The number of aryl methyl sites for hydroxylation is 1. The minimum Gasteiger partial charge on any atom is -0.490 e. The molecule has 2 aromatic carbocycles. The largest absolute Gasteiger partial charge is 0.490 e. The minimum atomic E-state index is -0.135. The van der Waals surface area contributed by atoms with Crippen LogP contribution in [-0.2, 0) is 11.2 Å². The number of hydrazone groups is 1. The molecular weight excluding hydrogens is 300 g/mol. The van der Waals surface area contributed by atoms with Crippen LogP contribution >= 0.6 is 0 Å². The number of nitrogens with zero attached hydrogens (tertiary/aromatic N) is 1. The molecule has 1 amide bonds. The number of benzene rings is 2. The second-order valence-corrected chi connectivity index (χ2v) is 5.52. The second kappa shape index (κ2) is 8.67. The fourth-order valence-electron chi connectivity index (χ4n) is 2.09. The molecule has 24 heavy (non-hydrogen) atoms. The fourth-order valence-corrected chi connectivity index (χ4v) is 2.09. The van der Waals surface area contributed by atoms with Crippen molar-refractivity contribution in [3.63, 3.8) is 0 Å². The van der Waals surface area contributed by atoms with Crippen LogP contribution in [0.2, 0.25) is 0 Å². The van der Waals surface area contributed by atoms with Gasteiger partial charge in [-0.1, -0.05) is 42.5 Å². The molecule has 0 saturated heterocycles. The molecule has 124 valence electrons. The average molecular weight is 322 g/mol. The Bertz CT molecular complexity index is 716. The summed E-state index contributed by atoms with van der Waals surface area (Å²) >= 11 is 0. The second-order valence-electron chi connectivity index (χ2n) is 5.52. The zero-order valence-electron chi connectivity index (χ0n) is 14.1. The molecular formula is C20H22N2O2. The van der Waals surface area contributed by atoms with Gasteiger partial charge in [0.05, 0.1) is 12.1 Å². The predicted molar refractivity (Wildman–Crippen MR) is 97.4 cm³/mol. The molecule has 0 unspecified atom stereocenters. The minimum absolute atomic E-state index is 0.135. The predicted octanol–water partition coefficient (Wildman–Crippen LogP) is 3.64. The van der Waals surface area contributed by atoms with Crippen LogP contribution < -0.4 is 10.2 Å². The number of amides is 1. The first-order chi connectivity index (χ1) is 11.6. The quantitative estimate of drug-likeness (QED) is 0.481. The van der Waals surface area contributed by atoms with Gasteiger partial charge in [-0.05, 0) is 49.2 Å². The molecule has 1 N–H and O–H groups in total. The van der Waals surface area contributed by atoms with Gasteiger partial charge in [0.15, 0.2) is 0 Å². The highest BCUT2D eigenvalue weighted by Gasteiger charge is 2.03. The Morgan fingerprint density at radius 2 is 1.83 bits per heavy atom. The van der Waals surface area contributed by atoms with Crippen LogP contribution in [0, 0.1) is 6.92 Å². The van der Waals surface area contributed by atoms with E-state index in [1.54, 1.807) is 6.08 Å². The van der Waals surface area contributed by atoms with E-state index in [2.05, 4.69) is 17.1 Å². The Morgan fingerprint density at radius 3 is 2.46 bits per heavy atom. The van der Waals surface area contributed by atoms with Crippen LogP contribution in [0.5, 0.6) is 5.75 Å². The number of carbonyl (C=O) groups is 1. The molecule has 0 radical (unpaired) electrons. The highest BCUT2D eigenvalue weighted by atomic mass is 16.5. The molecule has 0 spiro atoms. The standard InChI is InChI=1S/C20H22N2O2/c1-4-13-24-19-11-9-18(10-12-19)16(3)21-22-20(23)14-17-7-5-15(2)6-8-17/h4-12H,1,13-14H2,2-3H3,(H,22,23)/b21-16+. The van der Waals surface area contributed by atoms with Gasteiger partial charge < -0.3 is 4.74 Å². The highest BCUT2D eigenvalue weighted by Crippen LogP contribution is 2.12. The molecule has 0 atom stereocenters. The van der Waals surface area contributed by atoms with E-state index in [-0.39, 0.29) is 5.91 Å². The van der Waals surface area contributed by atoms with E-state index < -0.39 is 0 Å². The van der Waals surface area contributed by atoms with Crippen molar-refractivity contribution in [1.29, 1.82) is 0 Å². The van der Waals surface area contributed by atoms with E-state index in [1.165, 1.54) is 5.56 Å². The number of rotatable bonds is 7. The molecule has 4 nitrogen and oxygen atoms in total. The summed E-state index contributed by atoms with van der Waals surface area (Å²) in [5.74, 6) is 0.638. The van der Waals surface area contributed by atoms with Crippen LogP contribution in [0.3, 0.4) is 0 Å². The Morgan fingerprint density at radius 1 is 1.17 bits per heavy atom. The lowest BCUT2D eigenvalue weighted by Crippen LogP contribution is -2.21. The third-order valence-electron chi connectivity index (χ3n) is 3.47. The lowest BCUT2D eigenvalue weighted by atomic mass is 10.1. The average Bonchev–Trinajstić information content (AvgIpc) is 2.60. The first-order valence-corrected chi connectivity index (χ1v) is 7.81. The summed E-state index contributed by atoms with van der Waals surface area (Å²) in [4.78, 5) is 12.0. The van der Waals surface area contributed by atoms with Gasteiger partial charge in [-0.15, -0.1) is 0 Å². The molecule has 0 saturated carbocycles. The van der Waals surface area contributed by atoms with Gasteiger partial charge in [-0.2, -0.15) is 5.10 Å². The monoisotopic (exact) mass is 322 g/mol. The molecule has 0 aliphatic rings. The third-order valence-corrected chi connectivity index (χ3v) is 3.47. The van der Waals surface area contributed by atoms with Crippen molar-refractivity contribution in [3.05, 3.63) is 77.9 Å². The molecule has 0 aromatic heterocycles. The van der Waals surface area contributed by atoms with Crippen LogP contribution in [0.1, 0.15) is 23.6 Å². The van der Waals surface area contributed by atoms with Gasteiger partial charge in [0, 0.05) is 0 Å². The van der Waals surface area contributed by atoms with Gasteiger partial charge >= 0.3 is 0 Å². The van der Waals surface area contributed by atoms with Gasteiger partial charge in [-0.3, -0.25) is 4.79 Å². The van der Waals surface area contributed by atoms with Crippen LogP contribution in [0.25, 0.3) is 0 Å². The summed E-state index contributed by atoms with van der Waals surface area (Å²) in [6.45, 7) is 7.96. The van der Waals surface area contributed by atoms with Crippen molar-refractivity contribution in [2.75, 3.05) is 6.61 Å². The summed E-state index contributed by atoms with van der Waals surface area (Å²) in [7, 11) is 0. The summed E-state index contributed by atoms with van der Waals surface area (Å²) in [6.07, 6.45) is 2.01. The maximum absolute atomic E-state index is 12.0. The molecule has 0 aliphatic carbocycles. The van der Waals surface area contributed by atoms with Crippen molar-refractivity contribution in [2.24, 2.45) is 5.10 Å². The van der Waals surface area contributed by atoms with Gasteiger partial charge in [0.1, 0.15) is 12.4 Å². The topological polar surface area (TPSA) is 50.7 Å². The van der Waals surface area contributed by atoms with Crippen molar-refractivity contribution >= 4 is 11.6 Å². The molecule has 0 bridgehead atoms. The first kappa shape index (κ1) is 17.5. The van der Waals surface area contributed by atoms with Gasteiger partial charge in [0.2, 0.25) is 5.91 Å². The molecule has 2 rings (SSSR count). The Balaban J connectivity index is 1.91. The molecule has 0 fully saturated rings. The van der Waals surface area contributed by atoms with Crippen molar-refractivity contribution in [3.8, 4) is 5.75 Å². The zero-order chi connectivity index (χ0) is 17.4. The lowest BCUT2D eigenvalue weighted by Gasteiger charge is -2.06. The Kier molecular flexibility index (Phi) is 6.32. The summed E-state index contributed by atoms with van der Waals surface area (Å²) in [6, 6.07) is 15.4. The van der Waals surface area contributed by atoms with Gasteiger partial charge in [0.25, 0.3) is 0 Å². The molecule has 0 heterocycles. The van der Waals surface area contributed by atoms with Gasteiger partial charge in [-0.25, -0.2) is 5.43 Å². The third kappa shape index (κ3) is 5.39. The van der Waals surface area contributed by atoms with Crippen LogP contribution in [0.15, 0.2) is 66.3 Å². The van der Waals surface area contributed by atoms with Crippen molar-refractivity contribution in [2.45, 2.75) is 20.3 Å². The summed E-state index contributed by atoms with van der Waals surface area (Å²) < 4.78 is 5.44. The smallest absolute Gasteiger partial charge is 0.244 e.